The first-order valence-corrected chi connectivity index (χ1v) is 10.2. The van der Waals surface area contributed by atoms with E-state index in [0.717, 1.165) is 45.9 Å². The monoisotopic (exact) mass is 370 g/mol. The predicted octanol–water partition coefficient (Wildman–Crippen LogP) is 5.46. The highest BCUT2D eigenvalue weighted by Gasteiger charge is 2.48. The highest BCUT2D eigenvalue weighted by Crippen LogP contribution is 2.54. The highest BCUT2D eigenvalue weighted by molar-refractivity contribution is 7.10. The van der Waals surface area contributed by atoms with Crippen LogP contribution in [-0.4, -0.2) is 11.6 Å². The van der Waals surface area contributed by atoms with Gasteiger partial charge in [0.15, 0.2) is 11.6 Å². The van der Waals surface area contributed by atoms with Gasteiger partial charge in [-0.2, -0.15) is 0 Å². The normalized spacial score (nSPS) is 25.1. The standard InChI is InChI=1S/C22H26O3S/c1-12-6-7-26-20(12)19-17-13(23)8-21(2,3)10-15(17)25-16-11-22(4,5)9-14(24)18(16)19/h6-7,19H,8-11H2,1-5H3. The van der Waals surface area contributed by atoms with Crippen molar-refractivity contribution in [2.24, 2.45) is 10.8 Å². The molecule has 3 nitrogen and oxygen atoms in total. The van der Waals surface area contributed by atoms with E-state index in [-0.39, 0.29) is 28.3 Å². The van der Waals surface area contributed by atoms with Gasteiger partial charge in [-0.1, -0.05) is 27.7 Å². The minimum atomic E-state index is -0.235. The average molecular weight is 371 g/mol. The minimum absolute atomic E-state index is 0.1000. The number of carbonyl (C=O) groups excluding carboxylic acids is 2. The third-order valence-corrected chi connectivity index (χ3v) is 6.83. The molecule has 0 atom stereocenters. The molecule has 1 aromatic rings. The van der Waals surface area contributed by atoms with Gasteiger partial charge in [0.2, 0.25) is 0 Å². The maximum absolute atomic E-state index is 13.1. The lowest BCUT2D eigenvalue weighted by molar-refractivity contribution is -0.120. The first kappa shape index (κ1) is 17.7. The van der Waals surface area contributed by atoms with E-state index in [2.05, 4.69) is 46.1 Å². The maximum atomic E-state index is 13.1. The number of Topliss-reactive ketones (excluding diaryl/α,β-unsaturated/α-hetero) is 2. The number of rotatable bonds is 1. The molecule has 1 aromatic heterocycles. The molecule has 0 radical (unpaired) electrons. The minimum Gasteiger partial charge on any atom is -0.465 e. The molecule has 4 heteroatoms. The Labute approximate surface area is 159 Å². The number of ketones is 2. The Kier molecular flexibility index (Phi) is 3.85. The van der Waals surface area contributed by atoms with Crippen LogP contribution < -0.4 is 0 Å². The second-order valence-corrected chi connectivity index (χ2v) is 10.5. The van der Waals surface area contributed by atoms with Crippen LogP contribution in [0.3, 0.4) is 0 Å². The first-order chi connectivity index (χ1) is 12.1. The van der Waals surface area contributed by atoms with Crippen LogP contribution in [0.2, 0.25) is 0 Å². The molecule has 0 bridgehead atoms. The number of thiophene rings is 1. The number of carbonyl (C=O) groups is 2. The summed E-state index contributed by atoms with van der Waals surface area (Å²) in [5.74, 6) is 1.64. The van der Waals surface area contributed by atoms with Crippen molar-refractivity contribution >= 4 is 22.9 Å². The molecule has 2 aliphatic carbocycles. The zero-order valence-corrected chi connectivity index (χ0v) is 17.0. The van der Waals surface area contributed by atoms with Gasteiger partial charge in [-0.15, -0.1) is 11.3 Å². The zero-order valence-electron chi connectivity index (χ0n) is 16.2. The molecule has 3 aliphatic rings. The van der Waals surface area contributed by atoms with Gasteiger partial charge in [0, 0.05) is 41.7 Å². The molecule has 26 heavy (non-hydrogen) atoms. The average Bonchev–Trinajstić information content (AvgIpc) is 2.88. The maximum Gasteiger partial charge on any atom is 0.163 e. The van der Waals surface area contributed by atoms with Crippen molar-refractivity contribution in [3.05, 3.63) is 44.6 Å². The van der Waals surface area contributed by atoms with E-state index in [1.807, 2.05) is 0 Å². The van der Waals surface area contributed by atoms with E-state index in [1.165, 1.54) is 0 Å². The molecule has 0 unspecified atom stereocenters. The quantitative estimate of drug-likeness (QED) is 0.659. The Hall–Kier alpha value is -1.68. The summed E-state index contributed by atoms with van der Waals surface area (Å²) in [5, 5.41) is 2.05. The summed E-state index contributed by atoms with van der Waals surface area (Å²) in [4.78, 5) is 27.3. The lowest BCUT2D eigenvalue weighted by atomic mass is 9.66. The van der Waals surface area contributed by atoms with Crippen LogP contribution >= 0.6 is 11.3 Å². The fourth-order valence-corrected chi connectivity index (χ4v) is 5.66. The molecule has 2 heterocycles. The van der Waals surface area contributed by atoms with Gasteiger partial charge in [-0.25, -0.2) is 0 Å². The Morgan fingerprint density at radius 2 is 1.42 bits per heavy atom. The third-order valence-electron chi connectivity index (χ3n) is 5.75. The van der Waals surface area contributed by atoms with E-state index < -0.39 is 0 Å². The van der Waals surface area contributed by atoms with E-state index in [1.54, 1.807) is 11.3 Å². The molecule has 0 fully saturated rings. The van der Waals surface area contributed by atoms with Gasteiger partial charge in [-0.3, -0.25) is 9.59 Å². The van der Waals surface area contributed by atoms with Crippen LogP contribution in [0.1, 0.15) is 69.7 Å². The van der Waals surface area contributed by atoms with Gasteiger partial charge in [0.25, 0.3) is 0 Å². The van der Waals surface area contributed by atoms with Crippen LogP contribution in [0.15, 0.2) is 34.1 Å². The van der Waals surface area contributed by atoms with Gasteiger partial charge in [0.05, 0.1) is 5.92 Å². The first-order valence-electron chi connectivity index (χ1n) is 9.32. The topological polar surface area (TPSA) is 43.4 Å². The lowest BCUT2D eigenvalue weighted by Gasteiger charge is -2.42. The van der Waals surface area contributed by atoms with Crippen molar-refractivity contribution in [1.29, 1.82) is 0 Å². The molecular formula is C22H26O3S. The third kappa shape index (κ3) is 2.79. The molecule has 0 N–H and O–H groups in total. The molecule has 0 saturated carbocycles. The van der Waals surface area contributed by atoms with E-state index in [0.29, 0.717) is 12.8 Å². The summed E-state index contributed by atoms with van der Waals surface area (Å²) in [5.41, 5.74) is 2.42. The summed E-state index contributed by atoms with van der Waals surface area (Å²) in [7, 11) is 0. The number of ether oxygens (including phenoxy) is 1. The van der Waals surface area contributed by atoms with Crippen molar-refractivity contribution in [2.75, 3.05) is 0 Å². The van der Waals surface area contributed by atoms with Crippen LogP contribution in [0.5, 0.6) is 0 Å². The lowest BCUT2D eigenvalue weighted by Crippen LogP contribution is -2.37. The van der Waals surface area contributed by atoms with Gasteiger partial charge >= 0.3 is 0 Å². The number of hydrogen-bond acceptors (Lipinski definition) is 4. The van der Waals surface area contributed by atoms with Crippen LogP contribution in [0.25, 0.3) is 0 Å². The fourth-order valence-electron chi connectivity index (χ4n) is 4.62. The van der Waals surface area contributed by atoms with E-state index >= 15 is 0 Å². The number of allylic oxidation sites excluding steroid dienone is 4. The zero-order chi connectivity index (χ0) is 18.9. The van der Waals surface area contributed by atoms with Crippen molar-refractivity contribution in [2.45, 2.75) is 66.2 Å². The molecule has 0 saturated heterocycles. The summed E-state index contributed by atoms with van der Waals surface area (Å²) in [6.45, 7) is 10.5. The fraction of sp³-hybridized carbons (Fsp3) is 0.545. The Morgan fingerprint density at radius 1 is 0.923 bits per heavy atom. The second-order valence-electron chi connectivity index (χ2n) is 9.56. The molecule has 0 spiro atoms. The Balaban J connectivity index is 1.92. The van der Waals surface area contributed by atoms with Crippen LogP contribution in [0.4, 0.5) is 0 Å². The summed E-state index contributed by atoms with van der Waals surface area (Å²) >= 11 is 1.64. The van der Waals surface area contributed by atoms with E-state index in [4.69, 9.17) is 4.74 Å². The summed E-state index contributed by atoms with van der Waals surface area (Å²) < 4.78 is 6.30. The number of aryl methyl sites for hydroxylation is 1. The SMILES string of the molecule is Cc1ccsc1C1C2=C(CC(C)(C)CC2=O)OC2=C1C(=O)CC(C)(C)C2. The van der Waals surface area contributed by atoms with Crippen molar-refractivity contribution in [1.82, 2.24) is 0 Å². The van der Waals surface area contributed by atoms with Crippen molar-refractivity contribution < 1.29 is 14.3 Å². The smallest absolute Gasteiger partial charge is 0.163 e. The Bertz CT molecular complexity index is 827. The van der Waals surface area contributed by atoms with Crippen LogP contribution in [0, 0.1) is 17.8 Å². The van der Waals surface area contributed by atoms with Gasteiger partial charge in [-0.05, 0) is 34.8 Å². The van der Waals surface area contributed by atoms with Gasteiger partial charge < -0.3 is 4.74 Å². The summed E-state index contributed by atoms with van der Waals surface area (Å²) in [6.07, 6.45) is 2.53. The van der Waals surface area contributed by atoms with Crippen molar-refractivity contribution in [3.8, 4) is 0 Å². The summed E-state index contributed by atoms with van der Waals surface area (Å²) in [6, 6.07) is 2.07. The highest BCUT2D eigenvalue weighted by atomic mass is 32.1. The largest absolute Gasteiger partial charge is 0.465 e. The van der Waals surface area contributed by atoms with E-state index in [9.17, 15) is 9.59 Å². The molecule has 0 aromatic carbocycles. The molecular weight excluding hydrogens is 344 g/mol. The van der Waals surface area contributed by atoms with Gasteiger partial charge in [0.1, 0.15) is 11.5 Å². The number of hydrogen-bond donors (Lipinski definition) is 0. The molecule has 0 amide bonds. The molecule has 4 rings (SSSR count). The van der Waals surface area contributed by atoms with Crippen molar-refractivity contribution in [3.63, 3.8) is 0 Å². The predicted molar refractivity (Wildman–Crippen MR) is 103 cm³/mol. The Morgan fingerprint density at radius 3 is 1.85 bits per heavy atom. The molecule has 1 aliphatic heterocycles. The molecule has 138 valence electrons. The van der Waals surface area contributed by atoms with Crippen LogP contribution in [-0.2, 0) is 14.3 Å². The second kappa shape index (κ2) is 5.66.